The first-order valence-electron chi connectivity index (χ1n) is 8.82. The molecule has 0 spiro atoms. The minimum absolute atomic E-state index is 0.0606. The van der Waals surface area contributed by atoms with E-state index in [1.807, 2.05) is 0 Å². The van der Waals surface area contributed by atoms with Crippen molar-refractivity contribution in [1.82, 2.24) is 14.9 Å². The van der Waals surface area contributed by atoms with Gasteiger partial charge in [-0.3, -0.25) is 9.69 Å². The zero-order valence-corrected chi connectivity index (χ0v) is 14.4. The molecule has 4 rings (SSSR count). The Morgan fingerprint density at radius 3 is 2.46 bits per heavy atom. The molecule has 26 heavy (non-hydrogen) atoms. The summed E-state index contributed by atoms with van der Waals surface area (Å²) >= 11 is 0. The molecule has 4 nitrogen and oxygen atoms in total. The van der Waals surface area contributed by atoms with Gasteiger partial charge in [0, 0.05) is 30.6 Å². The Labute approximate surface area is 149 Å². The lowest BCUT2D eigenvalue weighted by atomic mass is 9.98. The van der Waals surface area contributed by atoms with Crippen LogP contribution in [0.5, 0.6) is 0 Å². The fourth-order valence-electron chi connectivity index (χ4n) is 4.23. The molecule has 0 radical (unpaired) electrons. The quantitative estimate of drug-likeness (QED) is 0.891. The smallest absolute Gasteiger partial charge is 0.311 e. The SMILES string of the molecule is Cc1nc2c(c(=O)[nH]1)C[C@@H]1CC[C@@H](C2)N1Cc1ccc(C(F)(F)F)cc1. The molecule has 3 heterocycles. The van der Waals surface area contributed by atoms with E-state index in [-0.39, 0.29) is 17.6 Å². The molecule has 2 aromatic rings. The van der Waals surface area contributed by atoms with Crippen LogP contribution in [0.15, 0.2) is 29.1 Å². The van der Waals surface area contributed by atoms with Gasteiger partial charge < -0.3 is 4.98 Å². The van der Waals surface area contributed by atoms with E-state index in [0.717, 1.165) is 48.2 Å². The van der Waals surface area contributed by atoms with Gasteiger partial charge in [-0.15, -0.1) is 0 Å². The number of nitrogens with one attached hydrogen (secondary N) is 1. The number of rotatable bonds is 2. The van der Waals surface area contributed by atoms with Crippen LogP contribution in [0.1, 0.15) is 41.1 Å². The summed E-state index contributed by atoms with van der Waals surface area (Å²) in [6.07, 6.45) is -0.922. The summed E-state index contributed by atoms with van der Waals surface area (Å²) in [6.45, 7) is 2.38. The van der Waals surface area contributed by atoms with Crippen LogP contribution in [0.2, 0.25) is 0 Å². The van der Waals surface area contributed by atoms with Crippen LogP contribution in [0, 0.1) is 6.92 Å². The number of H-pyrrole nitrogens is 1. The summed E-state index contributed by atoms with van der Waals surface area (Å²) in [5.74, 6) is 0.626. The maximum absolute atomic E-state index is 12.7. The maximum atomic E-state index is 12.7. The van der Waals surface area contributed by atoms with Crippen molar-refractivity contribution in [2.45, 2.75) is 57.4 Å². The van der Waals surface area contributed by atoms with Crippen LogP contribution in [0.25, 0.3) is 0 Å². The number of aromatic nitrogens is 2. The van der Waals surface area contributed by atoms with Crippen molar-refractivity contribution in [1.29, 1.82) is 0 Å². The lowest BCUT2D eigenvalue weighted by Gasteiger charge is -2.28. The van der Waals surface area contributed by atoms with Gasteiger partial charge in [0.15, 0.2) is 0 Å². The molecule has 7 heteroatoms. The number of aryl methyl sites for hydroxylation is 1. The molecule has 138 valence electrons. The van der Waals surface area contributed by atoms with Crippen molar-refractivity contribution in [3.63, 3.8) is 0 Å². The Kier molecular flexibility index (Phi) is 4.14. The first-order chi connectivity index (χ1) is 12.3. The van der Waals surface area contributed by atoms with Gasteiger partial charge in [0.1, 0.15) is 5.82 Å². The van der Waals surface area contributed by atoms with Gasteiger partial charge >= 0.3 is 6.18 Å². The number of hydrogen-bond donors (Lipinski definition) is 1. The molecule has 1 N–H and O–H groups in total. The second-order valence-corrected chi connectivity index (χ2v) is 7.24. The lowest BCUT2D eigenvalue weighted by Crippen LogP contribution is -2.36. The van der Waals surface area contributed by atoms with Crippen molar-refractivity contribution in [2.75, 3.05) is 0 Å². The number of fused-ring (bicyclic) bond motifs is 3. The summed E-state index contributed by atoms with van der Waals surface area (Å²) in [5, 5.41) is 0. The molecule has 2 aliphatic rings. The van der Waals surface area contributed by atoms with E-state index in [1.54, 1.807) is 19.1 Å². The molecule has 0 unspecified atom stereocenters. The third-order valence-corrected chi connectivity index (χ3v) is 5.51. The lowest BCUT2D eigenvalue weighted by molar-refractivity contribution is -0.137. The van der Waals surface area contributed by atoms with Gasteiger partial charge in [-0.25, -0.2) is 4.98 Å². The van der Waals surface area contributed by atoms with Crippen LogP contribution >= 0.6 is 0 Å². The fraction of sp³-hybridized carbons (Fsp3) is 0.474. The Hall–Kier alpha value is -2.15. The average Bonchev–Trinajstić information content (AvgIpc) is 2.83. The second kappa shape index (κ2) is 6.23. The van der Waals surface area contributed by atoms with Gasteiger partial charge in [-0.05, 0) is 43.9 Å². The number of nitrogens with zero attached hydrogens (tertiary/aromatic N) is 2. The van der Waals surface area contributed by atoms with E-state index in [4.69, 9.17) is 0 Å². The topological polar surface area (TPSA) is 49.0 Å². The molecule has 2 bridgehead atoms. The first-order valence-corrected chi connectivity index (χ1v) is 8.82. The standard InChI is InChI=1S/C19H20F3N3O/c1-11-23-17-9-15-7-6-14(8-16(17)18(26)24-11)25(15)10-12-2-4-13(5-3-12)19(20,21)22/h2-5,14-15H,6-10H2,1H3,(H,23,24,26)/t14-,15-/m0/s1. The van der Waals surface area contributed by atoms with Crippen LogP contribution in [0.4, 0.5) is 13.2 Å². The van der Waals surface area contributed by atoms with E-state index in [0.29, 0.717) is 18.8 Å². The van der Waals surface area contributed by atoms with Crippen LogP contribution in [0.3, 0.4) is 0 Å². The van der Waals surface area contributed by atoms with E-state index < -0.39 is 11.7 Å². The van der Waals surface area contributed by atoms with Gasteiger partial charge in [-0.2, -0.15) is 13.2 Å². The summed E-state index contributed by atoms with van der Waals surface area (Å²) in [7, 11) is 0. The Morgan fingerprint density at radius 2 is 1.81 bits per heavy atom. The number of aromatic amines is 1. The highest BCUT2D eigenvalue weighted by Crippen LogP contribution is 2.34. The maximum Gasteiger partial charge on any atom is 0.416 e. The molecule has 2 aliphatic heterocycles. The first kappa shape index (κ1) is 17.3. The highest BCUT2D eigenvalue weighted by atomic mass is 19.4. The Balaban J connectivity index is 1.58. The average molecular weight is 363 g/mol. The molecular formula is C19H20F3N3O. The minimum atomic E-state index is -4.31. The fourth-order valence-corrected chi connectivity index (χ4v) is 4.23. The molecule has 0 saturated carbocycles. The predicted octanol–water partition coefficient (Wildman–Crippen LogP) is 3.23. The van der Waals surface area contributed by atoms with E-state index >= 15 is 0 Å². The molecule has 1 aromatic heterocycles. The summed E-state index contributed by atoms with van der Waals surface area (Å²) in [5.41, 5.74) is 1.81. The molecule has 1 aromatic carbocycles. The van der Waals surface area contributed by atoms with E-state index in [9.17, 15) is 18.0 Å². The number of halogens is 3. The van der Waals surface area contributed by atoms with Crippen LogP contribution in [-0.4, -0.2) is 27.0 Å². The number of hydrogen-bond acceptors (Lipinski definition) is 3. The van der Waals surface area contributed by atoms with Crippen molar-refractivity contribution in [2.24, 2.45) is 0 Å². The molecule has 1 fully saturated rings. The Bertz CT molecular complexity index is 873. The van der Waals surface area contributed by atoms with E-state index in [2.05, 4.69) is 14.9 Å². The van der Waals surface area contributed by atoms with Gasteiger partial charge in [-0.1, -0.05) is 12.1 Å². The monoisotopic (exact) mass is 363 g/mol. The molecule has 2 atom stereocenters. The molecule has 0 aliphatic carbocycles. The third-order valence-electron chi connectivity index (χ3n) is 5.51. The van der Waals surface area contributed by atoms with Crippen molar-refractivity contribution < 1.29 is 13.2 Å². The van der Waals surface area contributed by atoms with Gasteiger partial charge in [0.25, 0.3) is 5.56 Å². The highest BCUT2D eigenvalue weighted by molar-refractivity contribution is 5.27. The zero-order valence-electron chi connectivity index (χ0n) is 14.4. The van der Waals surface area contributed by atoms with E-state index in [1.165, 1.54) is 0 Å². The van der Waals surface area contributed by atoms with Crippen molar-refractivity contribution in [3.05, 3.63) is 62.8 Å². The summed E-state index contributed by atoms with van der Waals surface area (Å²) < 4.78 is 38.2. The van der Waals surface area contributed by atoms with Gasteiger partial charge in [0.05, 0.1) is 11.3 Å². The highest BCUT2D eigenvalue weighted by Gasteiger charge is 2.38. The van der Waals surface area contributed by atoms with Crippen molar-refractivity contribution >= 4 is 0 Å². The molecule has 1 saturated heterocycles. The number of alkyl halides is 3. The third kappa shape index (κ3) is 3.16. The zero-order chi connectivity index (χ0) is 18.5. The van der Waals surface area contributed by atoms with Crippen molar-refractivity contribution in [3.8, 4) is 0 Å². The van der Waals surface area contributed by atoms with Crippen LogP contribution in [-0.2, 0) is 25.6 Å². The number of benzene rings is 1. The Morgan fingerprint density at radius 1 is 1.15 bits per heavy atom. The summed E-state index contributed by atoms with van der Waals surface area (Å²) in [6, 6.07) is 5.88. The second-order valence-electron chi connectivity index (χ2n) is 7.24. The normalized spacial score (nSPS) is 22.9. The minimum Gasteiger partial charge on any atom is -0.311 e. The molecular weight excluding hydrogens is 343 g/mol. The molecule has 0 amide bonds. The predicted molar refractivity (Wildman–Crippen MR) is 90.8 cm³/mol. The van der Waals surface area contributed by atoms with Gasteiger partial charge in [0.2, 0.25) is 0 Å². The van der Waals surface area contributed by atoms with Crippen LogP contribution < -0.4 is 5.56 Å². The largest absolute Gasteiger partial charge is 0.416 e. The summed E-state index contributed by atoms with van der Waals surface area (Å²) in [4.78, 5) is 21.9.